The van der Waals surface area contributed by atoms with Gasteiger partial charge in [0.15, 0.2) is 0 Å². The second-order valence-electron chi connectivity index (χ2n) is 3.86. The molecule has 1 unspecified atom stereocenters. The molecule has 0 aliphatic rings. The van der Waals surface area contributed by atoms with Crippen LogP contribution in [0.1, 0.15) is 26.7 Å². The molecular weight excluding hydrogens is 251 g/mol. The lowest BCUT2D eigenvalue weighted by Gasteiger charge is -2.13. The summed E-state index contributed by atoms with van der Waals surface area (Å²) in [6.07, 6.45) is -2.51. The van der Waals surface area contributed by atoms with Crippen LogP contribution in [0.3, 0.4) is 0 Å². The van der Waals surface area contributed by atoms with E-state index in [1.165, 1.54) is 0 Å². The molecule has 0 amide bonds. The first kappa shape index (κ1) is 17.1. The molecule has 0 saturated carbocycles. The van der Waals surface area contributed by atoms with E-state index in [4.69, 9.17) is 0 Å². The highest BCUT2D eigenvalue weighted by molar-refractivity contribution is 7.99. The minimum Gasteiger partial charge on any atom is -0.372 e. The zero-order valence-corrected chi connectivity index (χ0v) is 11.3. The van der Waals surface area contributed by atoms with E-state index in [9.17, 15) is 13.2 Å². The molecular formula is C11H22F3NOS. The monoisotopic (exact) mass is 273 g/mol. The Bertz CT molecular complexity index is 179. The van der Waals surface area contributed by atoms with Crippen molar-refractivity contribution in [1.29, 1.82) is 0 Å². The molecule has 0 radical (unpaired) electrons. The minimum atomic E-state index is -4.21. The van der Waals surface area contributed by atoms with Crippen molar-refractivity contribution < 1.29 is 17.9 Å². The van der Waals surface area contributed by atoms with E-state index in [0.717, 1.165) is 17.9 Å². The van der Waals surface area contributed by atoms with Crippen LogP contribution >= 0.6 is 11.8 Å². The molecule has 0 fully saturated rings. The van der Waals surface area contributed by atoms with Crippen LogP contribution in [0.15, 0.2) is 0 Å². The van der Waals surface area contributed by atoms with Crippen LogP contribution in [0.4, 0.5) is 13.2 Å². The standard InChI is InChI=1S/C11H22F3NOS/c1-3-17-8-5-10(2)15-6-4-7-16-9-11(12,13)14/h10,15H,3-9H2,1-2H3. The fourth-order valence-electron chi connectivity index (χ4n) is 1.22. The molecule has 0 rings (SSSR count). The number of alkyl halides is 3. The molecule has 0 spiro atoms. The maximum Gasteiger partial charge on any atom is 0.411 e. The highest BCUT2D eigenvalue weighted by Crippen LogP contribution is 2.14. The van der Waals surface area contributed by atoms with Gasteiger partial charge in [0.25, 0.3) is 0 Å². The second kappa shape index (κ2) is 10.0. The van der Waals surface area contributed by atoms with E-state index in [0.29, 0.717) is 19.0 Å². The molecule has 2 nitrogen and oxygen atoms in total. The molecule has 6 heteroatoms. The first-order valence-electron chi connectivity index (χ1n) is 5.91. The van der Waals surface area contributed by atoms with Crippen LogP contribution in [0, 0.1) is 0 Å². The van der Waals surface area contributed by atoms with Crippen molar-refractivity contribution in [1.82, 2.24) is 5.32 Å². The molecule has 0 bridgehead atoms. The number of rotatable bonds is 10. The Balaban J connectivity index is 3.22. The van der Waals surface area contributed by atoms with Crippen molar-refractivity contribution in [3.8, 4) is 0 Å². The summed E-state index contributed by atoms with van der Waals surface area (Å²) in [7, 11) is 0. The van der Waals surface area contributed by atoms with E-state index in [-0.39, 0.29) is 6.61 Å². The zero-order valence-electron chi connectivity index (χ0n) is 10.5. The predicted molar refractivity (Wildman–Crippen MR) is 66.6 cm³/mol. The second-order valence-corrected chi connectivity index (χ2v) is 5.26. The first-order valence-corrected chi connectivity index (χ1v) is 7.06. The average Bonchev–Trinajstić information content (AvgIpc) is 2.22. The summed E-state index contributed by atoms with van der Waals surface area (Å²) in [4.78, 5) is 0. The first-order chi connectivity index (χ1) is 7.95. The van der Waals surface area contributed by atoms with Gasteiger partial charge in [0.2, 0.25) is 0 Å². The molecule has 0 saturated heterocycles. The van der Waals surface area contributed by atoms with Crippen molar-refractivity contribution in [2.75, 3.05) is 31.3 Å². The van der Waals surface area contributed by atoms with Gasteiger partial charge in [-0.2, -0.15) is 24.9 Å². The summed E-state index contributed by atoms with van der Waals surface area (Å²) in [6, 6.07) is 0.414. The van der Waals surface area contributed by atoms with Gasteiger partial charge in [-0.3, -0.25) is 0 Å². The predicted octanol–water partition coefficient (Wildman–Crippen LogP) is 3.08. The van der Waals surface area contributed by atoms with Crippen LogP contribution < -0.4 is 5.32 Å². The van der Waals surface area contributed by atoms with Gasteiger partial charge in [0.1, 0.15) is 6.61 Å². The molecule has 1 N–H and O–H groups in total. The van der Waals surface area contributed by atoms with Crippen molar-refractivity contribution >= 4 is 11.8 Å². The largest absolute Gasteiger partial charge is 0.411 e. The van der Waals surface area contributed by atoms with E-state index < -0.39 is 12.8 Å². The quantitative estimate of drug-likeness (QED) is 0.618. The molecule has 0 heterocycles. The highest BCUT2D eigenvalue weighted by Gasteiger charge is 2.27. The maximum atomic E-state index is 11.7. The topological polar surface area (TPSA) is 21.3 Å². The van der Waals surface area contributed by atoms with Crippen LogP contribution in [-0.4, -0.2) is 43.5 Å². The number of hydrogen-bond donors (Lipinski definition) is 1. The summed E-state index contributed by atoms with van der Waals surface area (Å²) in [5.41, 5.74) is 0. The molecule has 17 heavy (non-hydrogen) atoms. The number of nitrogens with one attached hydrogen (secondary N) is 1. The van der Waals surface area contributed by atoms with E-state index in [1.54, 1.807) is 0 Å². The minimum absolute atomic E-state index is 0.156. The van der Waals surface area contributed by atoms with Crippen molar-refractivity contribution in [2.45, 2.75) is 38.9 Å². The summed E-state index contributed by atoms with van der Waals surface area (Å²) in [5.74, 6) is 2.24. The number of hydrogen-bond acceptors (Lipinski definition) is 3. The third-order valence-electron chi connectivity index (χ3n) is 2.12. The molecule has 1 atom stereocenters. The highest BCUT2D eigenvalue weighted by atomic mass is 32.2. The van der Waals surface area contributed by atoms with E-state index >= 15 is 0 Å². The van der Waals surface area contributed by atoms with Gasteiger partial charge >= 0.3 is 6.18 Å². The normalized spacial score (nSPS) is 13.9. The number of thioether (sulfide) groups is 1. The van der Waals surface area contributed by atoms with Crippen LogP contribution in [0.2, 0.25) is 0 Å². The number of halogens is 3. The molecule has 104 valence electrons. The van der Waals surface area contributed by atoms with Crippen molar-refractivity contribution in [2.24, 2.45) is 0 Å². The molecule has 0 aliphatic heterocycles. The Morgan fingerprint density at radius 1 is 1.35 bits per heavy atom. The number of ether oxygens (including phenoxy) is 1. The smallest absolute Gasteiger partial charge is 0.372 e. The molecule has 0 aromatic heterocycles. The lowest BCUT2D eigenvalue weighted by Crippen LogP contribution is -2.28. The van der Waals surface area contributed by atoms with Gasteiger partial charge in [0.05, 0.1) is 0 Å². The third kappa shape index (κ3) is 14.0. The third-order valence-corrected chi connectivity index (χ3v) is 3.06. The Kier molecular flexibility index (Phi) is 10.1. The van der Waals surface area contributed by atoms with Gasteiger partial charge in [0, 0.05) is 12.6 Å². The lowest BCUT2D eigenvalue weighted by atomic mass is 10.2. The van der Waals surface area contributed by atoms with Gasteiger partial charge in [-0.25, -0.2) is 0 Å². The SMILES string of the molecule is CCSCCC(C)NCCCOCC(F)(F)F. The summed E-state index contributed by atoms with van der Waals surface area (Å²) < 4.78 is 39.7. The summed E-state index contributed by atoms with van der Waals surface area (Å²) in [6.45, 7) is 3.93. The van der Waals surface area contributed by atoms with Crippen molar-refractivity contribution in [3.05, 3.63) is 0 Å². The van der Waals surface area contributed by atoms with E-state index in [1.807, 2.05) is 11.8 Å². The fourth-order valence-corrected chi connectivity index (χ4v) is 2.03. The Morgan fingerprint density at radius 2 is 2.06 bits per heavy atom. The molecule has 0 aliphatic carbocycles. The van der Waals surface area contributed by atoms with Gasteiger partial charge in [-0.1, -0.05) is 6.92 Å². The van der Waals surface area contributed by atoms with Gasteiger partial charge < -0.3 is 10.1 Å². The Morgan fingerprint density at radius 3 is 2.65 bits per heavy atom. The average molecular weight is 273 g/mol. The summed E-state index contributed by atoms with van der Waals surface area (Å²) in [5, 5.41) is 3.26. The Labute approximate surface area is 106 Å². The molecule has 0 aromatic rings. The Hall–Kier alpha value is 0.0600. The lowest BCUT2D eigenvalue weighted by molar-refractivity contribution is -0.173. The zero-order chi connectivity index (χ0) is 13.1. The van der Waals surface area contributed by atoms with Gasteiger partial charge in [-0.05, 0) is 37.8 Å². The van der Waals surface area contributed by atoms with Crippen molar-refractivity contribution in [3.63, 3.8) is 0 Å². The van der Waals surface area contributed by atoms with Gasteiger partial charge in [-0.15, -0.1) is 0 Å². The van der Waals surface area contributed by atoms with Crippen LogP contribution in [0.5, 0.6) is 0 Å². The fraction of sp³-hybridized carbons (Fsp3) is 1.00. The summed E-state index contributed by atoms with van der Waals surface area (Å²) >= 11 is 1.90. The van der Waals surface area contributed by atoms with E-state index in [2.05, 4.69) is 23.9 Å². The molecule has 0 aromatic carbocycles. The maximum absolute atomic E-state index is 11.7. The van der Waals surface area contributed by atoms with Crippen LogP contribution in [0.25, 0.3) is 0 Å². The van der Waals surface area contributed by atoms with Crippen LogP contribution in [-0.2, 0) is 4.74 Å².